The predicted octanol–water partition coefficient (Wildman–Crippen LogP) is 3.32. The van der Waals surface area contributed by atoms with Crippen LogP contribution in [0, 0.1) is 11.3 Å². The molecule has 2 N–H and O–H groups in total. The van der Waals surface area contributed by atoms with Crippen molar-refractivity contribution in [2.24, 2.45) is 5.73 Å². The first kappa shape index (κ1) is 17.5. The molecular formula is C20H20N2O4. The maximum absolute atomic E-state index is 9.64. The van der Waals surface area contributed by atoms with Crippen molar-refractivity contribution in [3.8, 4) is 29.1 Å². The van der Waals surface area contributed by atoms with Crippen LogP contribution in [-0.2, 0) is 0 Å². The standard InChI is InChI=1S/C20H20N2O4/c1-4-25-16-8-5-12(9-18(16)24-3)19-14-7-6-13(23-2)10-17(14)26-20(22)15(19)11-21/h5-10,19H,4,22H2,1-3H3/t19-/m1/s1. The average molecular weight is 352 g/mol. The zero-order chi connectivity index (χ0) is 18.7. The summed E-state index contributed by atoms with van der Waals surface area (Å²) in [6, 6.07) is 13.2. The molecule has 1 heterocycles. The van der Waals surface area contributed by atoms with Crippen LogP contribution in [0.1, 0.15) is 24.0 Å². The Morgan fingerprint density at radius 2 is 1.92 bits per heavy atom. The normalized spacial score (nSPS) is 15.5. The molecule has 0 amide bonds. The van der Waals surface area contributed by atoms with E-state index in [1.807, 2.05) is 37.3 Å². The topological polar surface area (TPSA) is 86.7 Å². The van der Waals surface area contributed by atoms with E-state index in [-0.39, 0.29) is 11.8 Å². The molecule has 1 aliphatic heterocycles. The lowest BCUT2D eigenvalue weighted by Crippen LogP contribution is -2.21. The Morgan fingerprint density at radius 3 is 2.58 bits per heavy atom. The van der Waals surface area contributed by atoms with Gasteiger partial charge in [0.05, 0.1) is 26.7 Å². The summed E-state index contributed by atoms with van der Waals surface area (Å²) >= 11 is 0. The van der Waals surface area contributed by atoms with E-state index in [9.17, 15) is 5.26 Å². The first-order valence-corrected chi connectivity index (χ1v) is 8.19. The van der Waals surface area contributed by atoms with Gasteiger partial charge in [-0.05, 0) is 30.7 Å². The Balaban J connectivity index is 2.15. The molecule has 134 valence electrons. The number of hydrogen-bond acceptors (Lipinski definition) is 6. The van der Waals surface area contributed by atoms with Gasteiger partial charge in [0.15, 0.2) is 11.5 Å². The van der Waals surface area contributed by atoms with Gasteiger partial charge in [0.2, 0.25) is 5.88 Å². The zero-order valence-electron chi connectivity index (χ0n) is 14.9. The fourth-order valence-corrected chi connectivity index (χ4v) is 3.04. The molecule has 0 saturated carbocycles. The molecule has 0 radical (unpaired) electrons. The van der Waals surface area contributed by atoms with Crippen molar-refractivity contribution >= 4 is 0 Å². The van der Waals surface area contributed by atoms with Crippen LogP contribution < -0.4 is 24.7 Å². The molecular weight excluding hydrogens is 332 g/mol. The predicted molar refractivity (Wildman–Crippen MR) is 96.5 cm³/mol. The van der Waals surface area contributed by atoms with E-state index in [1.54, 1.807) is 20.3 Å². The number of fused-ring (bicyclic) bond motifs is 1. The molecule has 6 nitrogen and oxygen atoms in total. The summed E-state index contributed by atoms with van der Waals surface area (Å²) in [7, 11) is 3.17. The molecule has 26 heavy (non-hydrogen) atoms. The monoisotopic (exact) mass is 352 g/mol. The molecule has 2 aromatic carbocycles. The highest BCUT2D eigenvalue weighted by molar-refractivity contribution is 5.59. The quantitative estimate of drug-likeness (QED) is 0.888. The summed E-state index contributed by atoms with van der Waals surface area (Å²) in [5.41, 5.74) is 8.06. The van der Waals surface area contributed by atoms with Crippen LogP contribution in [-0.4, -0.2) is 20.8 Å². The van der Waals surface area contributed by atoms with Gasteiger partial charge >= 0.3 is 0 Å². The van der Waals surface area contributed by atoms with Crippen LogP contribution >= 0.6 is 0 Å². The minimum atomic E-state index is -0.362. The van der Waals surface area contributed by atoms with Gasteiger partial charge < -0.3 is 24.7 Å². The van der Waals surface area contributed by atoms with E-state index >= 15 is 0 Å². The molecule has 6 heteroatoms. The minimum Gasteiger partial charge on any atom is -0.497 e. The van der Waals surface area contributed by atoms with Gasteiger partial charge in [-0.15, -0.1) is 0 Å². The number of hydrogen-bond donors (Lipinski definition) is 1. The highest BCUT2D eigenvalue weighted by Crippen LogP contribution is 2.45. The number of nitrogens with zero attached hydrogens (tertiary/aromatic N) is 1. The zero-order valence-corrected chi connectivity index (χ0v) is 14.9. The number of nitrogens with two attached hydrogens (primary N) is 1. The molecule has 0 unspecified atom stereocenters. The second-order valence-corrected chi connectivity index (χ2v) is 5.67. The van der Waals surface area contributed by atoms with Crippen molar-refractivity contribution in [2.45, 2.75) is 12.8 Å². The fraction of sp³-hybridized carbons (Fsp3) is 0.250. The first-order chi connectivity index (χ1) is 12.6. The smallest absolute Gasteiger partial charge is 0.205 e. The second-order valence-electron chi connectivity index (χ2n) is 5.67. The van der Waals surface area contributed by atoms with Gasteiger partial charge in [-0.25, -0.2) is 0 Å². The molecule has 0 fully saturated rings. The van der Waals surface area contributed by atoms with Crippen molar-refractivity contribution in [2.75, 3.05) is 20.8 Å². The van der Waals surface area contributed by atoms with Gasteiger partial charge in [-0.3, -0.25) is 0 Å². The summed E-state index contributed by atoms with van der Waals surface area (Å²) in [5.74, 6) is 2.20. The van der Waals surface area contributed by atoms with Gasteiger partial charge in [0.25, 0.3) is 0 Å². The number of methoxy groups -OCH3 is 2. The Labute approximate surface area is 152 Å². The summed E-state index contributed by atoms with van der Waals surface area (Å²) in [6.07, 6.45) is 0. The Morgan fingerprint density at radius 1 is 1.12 bits per heavy atom. The Bertz CT molecular complexity index is 899. The van der Waals surface area contributed by atoms with Crippen molar-refractivity contribution < 1.29 is 18.9 Å². The summed E-state index contributed by atoms with van der Waals surface area (Å²) < 4.78 is 21.9. The van der Waals surface area contributed by atoms with E-state index in [0.717, 1.165) is 11.1 Å². The van der Waals surface area contributed by atoms with Gasteiger partial charge in [-0.2, -0.15) is 5.26 Å². The van der Waals surface area contributed by atoms with Crippen molar-refractivity contribution in [3.05, 3.63) is 59.0 Å². The van der Waals surface area contributed by atoms with Crippen LogP contribution in [0.4, 0.5) is 0 Å². The Kier molecular flexibility index (Phi) is 4.90. The van der Waals surface area contributed by atoms with E-state index < -0.39 is 0 Å². The average Bonchev–Trinajstić information content (AvgIpc) is 2.67. The number of benzene rings is 2. The Hall–Kier alpha value is -3.33. The summed E-state index contributed by atoms with van der Waals surface area (Å²) in [6.45, 7) is 2.44. The van der Waals surface area contributed by atoms with E-state index in [4.69, 9.17) is 24.7 Å². The van der Waals surface area contributed by atoms with Crippen LogP contribution in [0.2, 0.25) is 0 Å². The number of rotatable bonds is 5. The van der Waals surface area contributed by atoms with Crippen molar-refractivity contribution in [1.29, 1.82) is 5.26 Å². The molecule has 1 atom stereocenters. The van der Waals surface area contributed by atoms with Crippen molar-refractivity contribution in [1.82, 2.24) is 0 Å². The highest BCUT2D eigenvalue weighted by Gasteiger charge is 2.31. The van der Waals surface area contributed by atoms with Crippen LogP contribution in [0.5, 0.6) is 23.0 Å². The molecule has 0 spiro atoms. The highest BCUT2D eigenvalue weighted by atomic mass is 16.5. The van der Waals surface area contributed by atoms with Crippen LogP contribution in [0.15, 0.2) is 47.9 Å². The molecule has 2 aromatic rings. The maximum atomic E-state index is 9.64. The van der Waals surface area contributed by atoms with E-state index in [2.05, 4.69) is 6.07 Å². The molecule has 0 aromatic heterocycles. The lowest BCUT2D eigenvalue weighted by molar-refractivity contribution is 0.310. The van der Waals surface area contributed by atoms with E-state index in [0.29, 0.717) is 35.2 Å². The minimum absolute atomic E-state index is 0.0890. The molecule has 0 saturated heterocycles. The first-order valence-electron chi connectivity index (χ1n) is 8.19. The van der Waals surface area contributed by atoms with Crippen LogP contribution in [0.3, 0.4) is 0 Å². The molecule has 0 bridgehead atoms. The molecule has 1 aliphatic rings. The SMILES string of the molecule is CCOc1ccc([C@H]2C(C#N)=C(N)Oc3cc(OC)ccc32)cc1OC. The number of ether oxygens (including phenoxy) is 4. The second kappa shape index (κ2) is 7.28. The van der Waals surface area contributed by atoms with E-state index in [1.165, 1.54) is 0 Å². The third kappa shape index (κ3) is 3.00. The van der Waals surface area contributed by atoms with Gasteiger partial charge in [0, 0.05) is 11.6 Å². The van der Waals surface area contributed by atoms with Gasteiger partial charge in [-0.1, -0.05) is 12.1 Å². The lowest BCUT2D eigenvalue weighted by atomic mass is 9.83. The van der Waals surface area contributed by atoms with Gasteiger partial charge in [0.1, 0.15) is 23.1 Å². The summed E-state index contributed by atoms with van der Waals surface area (Å²) in [5, 5.41) is 9.64. The summed E-state index contributed by atoms with van der Waals surface area (Å²) in [4.78, 5) is 0. The molecule has 0 aliphatic carbocycles. The molecule has 3 rings (SSSR count). The third-order valence-electron chi connectivity index (χ3n) is 4.25. The third-order valence-corrected chi connectivity index (χ3v) is 4.25. The fourth-order valence-electron chi connectivity index (χ4n) is 3.04. The van der Waals surface area contributed by atoms with Crippen molar-refractivity contribution in [3.63, 3.8) is 0 Å². The number of allylic oxidation sites excluding steroid dienone is 1. The lowest BCUT2D eigenvalue weighted by Gasteiger charge is -2.27. The maximum Gasteiger partial charge on any atom is 0.205 e. The number of nitriles is 1. The largest absolute Gasteiger partial charge is 0.497 e. The van der Waals surface area contributed by atoms with Crippen LogP contribution in [0.25, 0.3) is 0 Å².